The average Bonchev–Trinajstić information content (AvgIpc) is 3.17. The molecule has 8 heteroatoms. The SMILES string of the molecule is CCOc1ccc(CNC(=O)CCc2nc3c(C)nn(-c4ccccc4)c3n(C)c2=O)cc1. The first kappa shape index (κ1) is 22.3. The van der Waals surface area contributed by atoms with Crippen molar-refractivity contribution in [3.63, 3.8) is 0 Å². The number of hydrogen-bond acceptors (Lipinski definition) is 5. The van der Waals surface area contributed by atoms with E-state index in [0.717, 1.165) is 22.7 Å². The number of nitrogens with zero attached hydrogens (tertiary/aromatic N) is 4. The van der Waals surface area contributed by atoms with E-state index >= 15 is 0 Å². The fraction of sp³-hybridized carbons (Fsp3) is 0.280. The summed E-state index contributed by atoms with van der Waals surface area (Å²) in [4.78, 5) is 29.9. The molecule has 2 aromatic heterocycles. The van der Waals surface area contributed by atoms with Crippen molar-refractivity contribution in [2.75, 3.05) is 6.61 Å². The van der Waals surface area contributed by atoms with Crippen LogP contribution in [0.3, 0.4) is 0 Å². The molecule has 0 aliphatic rings. The Hall–Kier alpha value is -3.94. The lowest BCUT2D eigenvalue weighted by Crippen LogP contribution is -2.27. The molecular weight excluding hydrogens is 418 g/mol. The molecule has 0 spiro atoms. The van der Waals surface area contributed by atoms with Crippen molar-refractivity contribution < 1.29 is 9.53 Å². The molecule has 4 aromatic rings. The third-order valence-electron chi connectivity index (χ3n) is 5.43. The summed E-state index contributed by atoms with van der Waals surface area (Å²) in [6, 6.07) is 17.2. The summed E-state index contributed by atoms with van der Waals surface area (Å²) in [5.41, 5.74) is 3.99. The van der Waals surface area contributed by atoms with Gasteiger partial charge >= 0.3 is 0 Å². The summed E-state index contributed by atoms with van der Waals surface area (Å²) >= 11 is 0. The van der Waals surface area contributed by atoms with Crippen LogP contribution < -0.4 is 15.6 Å². The number of carbonyl (C=O) groups is 1. The number of hydrogen-bond donors (Lipinski definition) is 1. The normalized spacial score (nSPS) is 11.0. The van der Waals surface area contributed by atoms with Gasteiger partial charge < -0.3 is 10.1 Å². The summed E-state index contributed by atoms with van der Waals surface area (Å²) in [7, 11) is 1.71. The van der Waals surface area contributed by atoms with Crippen molar-refractivity contribution in [3.05, 3.63) is 81.9 Å². The second-order valence-corrected chi connectivity index (χ2v) is 7.78. The molecule has 1 N–H and O–H groups in total. The van der Waals surface area contributed by atoms with Gasteiger partial charge in [-0.3, -0.25) is 14.2 Å². The molecule has 0 aliphatic heterocycles. The highest BCUT2D eigenvalue weighted by Gasteiger charge is 2.18. The highest BCUT2D eigenvalue weighted by atomic mass is 16.5. The van der Waals surface area contributed by atoms with Gasteiger partial charge in [-0.15, -0.1) is 0 Å². The van der Waals surface area contributed by atoms with Crippen LogP contribution in [0.5, 0.6) is 5.75 Å². The van der Waals surface area contributed by atoms with Crippen LogP contribution >= 0.6 is 0 Å². The van der Waals surface area contributed by atoms with E-state index in [0.29, 0.717) is 30.0 Å². The van der Waals surface area contributed by atoms with Crippen LogP contribution in [-0.2, 0) is 24.8 Å². The van der Waals surface area contributed by atoms with Crippen molar-refractivity contribution >= 4 is 17.1 Å². The zero-order valence-electron chi connectivity index (χ0n) is 19.0. The molecule has 0 atom stereocenters. The number of aryl methyl sites for hydroxylation is 3. The van der Waals surface area contributed by atoms with Crippen LogP contribution in [0, 0.1) is 6.92 Å². The van der Waals surface area contributed by atoms with E-state index in [4.69, 9.17) is 4.74 Å². The minimum absolute atomic E-state index is 0.135. The number of ether oxygens (including phenoxy) is 1. The number of fused-ring (bicyclic) bond motifs is 1. The van der Waals surface area contributed by atoms with Crippen LogP contribution in [0.2, 0.25) is 0 Å². The van der Waals surface area contributed by atoms with Crippen molar-refractivity contribution in [2.24, 2.45) is 7.05 Å². The third-order valence-corrected chi connectivity index (χ3v) is 5.43. The molecular formula is C25H27N5O3. The van der Waals surface area contributed by atoms with Gasteiger partial charge in [0, 0.05) is 26.4 Å². The van der Waals surface area contributed by atoms with E-state index in [-0.39, 0.29) is 24.3 Å². The Morgan fingerprint density at radius 2 is 1.82 bits per heavy atom. The summed E-state index contributed by atoms with van der Waals surface area (Å²) < 4.78 is 8.72. The van der Waals surface area contributed by atoms with Gasteiger partial charge in [0.25, 0.3) is 5.56 Å². The molecule has 0 unspecified atom stereocenters. The smallest absolute Gasteiger partial charge is 0.273 e. The van der Waals surface area contributed by atoms with Crippen molar-refractivity contribution in [1.82, 2.24) is 24.6 Å². The number of amides is 1. The lowest BCUT2D eigenvalue weighted by molar-refractivity contribution is -0.121. The molecule has 0 bridgehead atoms. The van der Waals surface area contributed by atoms with Gasteiger partial charge in [0.2, 0.25) is 5.91 Å². The number of benzene rings is 2. The summed E-state index contributed by atoms with van der Waals surface area (Å²) in [5.74, 6) is 0.667. The quantitative estimate of drug-likeness (QED) is 0.450. The molecule has 2 heterocycles. The molecule has 2 aromatic carbocycles. The first-order chi connectivity index (χ1) is 16.0. The lowest BCUT2D eigenvalue weighted by atomic mass is 10.2. The summed E-state index contributed by atoms with van der Waals surface area (Å²) in [5, 5.41) is 7.48. The Morgan fingerprint density at radius 1 is 1.09 bits per heavy atom. The minimum Gasteiger partial charge on any atom is -0.494 e. The zero-order valence-corrected chi connectivity index (χ0v) is 19.0. The largest absolute Gasteiger partial charge is 0.494 e. The van der Waals surface area contributed by atoms with Gasteiger partial charge in [0.1, 0.15) is 17.0 Å². The van der Waals surface area contributed by atoms with Gasteiger partial charge in [-0.25, -0.2) is 9.67 Å². The van der Waals surface area contributed by atoms with E-state index in [1.54, 1.807) is 16.3 Å². The second kappa shape index (κ2) is 9.68. The summed E-state index contributed by atoms with van der Waals surface area (Å²) in [6.07, 6.45) is 0.435. The van der Waals surface area contributed by atoms with Crippen molar-refractivity contribution in [3.8, 4) is 11.4 Å². The number of aromatic nitrogens is 4. The lowest BCUT2D eigenvalue weighted by Gasteiger charge is -2.09. The maximum Gasteiger partial charge on any atom is 0.273 e. The van der Waals surface area contributed by atoms with Crippen LogP contribution in [-0.4, -0.2) is 31.8 Å². The molecule has 0 radical (unpaired) electrons. The molecule has 0 saturated carbocycles. The number of para-hydroxylation sites is 1. The molecule has 0 fully saturated rings. The third kappa shape index (κ3) is 4.79. The zero-order chi connectivity index (χ0) is 23.4. The predicted molar refractivity (Wildman–Crippen MR) is 127 cm³/mol. The van der Waals surface area contributed by atoms with E-state index in [1.807, 2.05) is 68.4 Å². The molecule has 33 heavy (non-hydrogen) atoms. The first-order valence-corrected chi connectivity index (χ1v) is 11.0. The number of nitrogens with one attached hydrogen (secondary N) is 1. The minimum atomic E-state index is -0.223. The Morgan fingerprint density at radius 3 is 2.52 bits per heavy atom. The van der Waals surface area contributed by atoms with Crippen LogP contribution in [0.1, 0.15) is 30.3 Å². The number of carbonyl (C=O) groups excluding carboxylic acids is 1. The van der Waals surface area contributed by atoms with Gasteiger partial charge in [-0.05, 0) is 43.7 Å². The van der Waals surface area contributed by atoms with Crippen molar-refractivity contribution in [1.29, 1.82) is 0 Å². The average molecular weight is 446 g/mol. The van der Waals surface area contributed by atoms with Gasteiger partial charge in [0.15, 0.2) is 5.65 Å². The van der Waals surface area contributed by atoms with E-state index in [2.05, 4.69) is 15.4 Å². The maximum atomic E-state index is 13.0. The van der Waals surface area contributed by atoms with Gasteiger partial charge in [-0.1, -0.05) is 30.3 Å². The molecule has 170 valence electrons. The van der Waals surface area contributed by atoms with Gasteiger partial charge in [-0.2, -0.15) is 5.10 Å². The molecule has 4 rings (SSSR count). The maximum absolute atomic E-state index is 13.0. The Balaban J connectivity index is 1.46. The molecule has 0 saturated heterocycles. The standard InChI is InChI=1S/C25H27N5O3/c1-4-33-20-12-10-18(11-13-20)16-26-22(31)15-14-21-25(32)29(3)24-23(27-21)17(2)28-30(24)19-8-6-5-7-9-19/h5-13H,4,14-16H2,1-3H3,(H,26,31). The van der Waals surface area contributed by atoms with E-state index < -0.39 is 0 Å². The topological polar surface area (TPSA) is 91.0 Å². The van der Waals surface area contributed by atoms with Gasteiger partial charge in [0.05, 0.1) is 18.0 Å². The van der Waals surface area contributed by atoms with Crippen LogP contribution in [0.15, 0.2) is 59.4 Å². The predicted octanol–water partition coefficient (Wildman–Crippen LogP) is 3.08. The molecule has 0 aliphatic carbocycles. The fourth-order valence-electron chi connectivity index (χ4n) is 3.71. The summed E-state index contributed by atoms with van der Waals surface area (Å²) in [6.45, 7) is 4.83. The Kier molecular flexibility index (Phi) is 6.53. The fourth-order valence-corrected chi connectivity index (χ4v) is 3.71. The van der Waals surface area contributed by atoms with Crippen LogP contribution in [0.4, 0.5) is 0 Å². The van der Waals surface area contributed by atoms with E-state index in [9.17, 15) is 9.59 Å². The second-order valence-electron chi connectivity index (χ2n) is 7.78. The number of rotatable bonds is 8. The Bertz CT molecular complexity index is 1320. The van der Waals surface area contributed by atoms with Crippen LogP contribution in [0.25, 0.3) is 16.9 Å². The highest BCUT2D eigenvalue weighted by molar-refractivity contribution is 5.77. The Labute approximate surface area is 191 Å². The molecule has 8 nitrogen and oxygen atoms in total. The monoisotopic (exact) mass is 445 g/mol. The van der Waals surface area contributed by atoms with Crippen molar-refractivity contribution in [2.45, 2.75) is 33.2 Å². The van der Waals surface area contributed by atoms with E-state index in [1.165, 1.54) is 0 Å². The first-order valence-electron chi connectivity index (χ1n) is 11.0. The molecule has 1 amide bonds. The highest BCUT2D eigenvalue weighted by Crippen LogP contribution is 2.19.